The van der Waals surface area contributed by atoms with Crippen LogP contribution in [-0.4, -0.2) is 25.4 Å². The highest BCUT2D eigenvalue weighted by molar-refractivity contribution is 7.16. The minimum absolute atomic E-state index is 0.0154. The fourth-order valence-corrected chi connectivity index (χ4v) is 2.95. The van der Waals surface area contributed by atoms with Gasteiger partial charge in [-0.3, -0.25) is 23.9 Å². The molecule has 124 valence electrons. The topological polar surface area (TPSA) is 130 Å². The van der Waals surface area contributed by atoms with Crippen molar-refractivity contribution in [1.82, 2.24) is 19.5 Å². The van der Waals surface area contributed by atoms with Gasteiger partial charge in [-0.2, -0.15) is 0 Å². The first-order chi connectivity index (χ1) is 11.5. The molecule has 0 saturated carbocycles. The van der Waals surface area contributed by atoms with Crippen molar-refractivity contribution in [2.45, 2.75) is 19.9 Å². The summed E-state index contributed by atoms with van der Waals surface area (Å²) in [5, 5.41) is 4.73. The number of aryl methyl sites for hydroxylation is 2. The van der Waals surface area contributed by atoms with E-state index in [9.17, 15) is 19.2 Å². The van der Waals surface area contributed by atoms with Gasteiger partial charge >= 0.3 is 5.69 Å². The molecule has 24 heavy (non-hydrogen) atoms. The number of nitrogens with zero attached hydrogens (tertiary/aromatic N) is 2. The zero-order valence-electron chi connectivity index (χ0n) is 12.6. The van der Waals surface area contributed by atoms with Crippen molar-refractivity contribution in [3.05, 3.63) is 54.7 Å². The number of amides is 1. The van der Waals surface area contributed by atoms with Crippen LogP contribution in [0.15, 0.2) is 32.2 Å². The number of H-pyrrole nitrogens is 2. The molecule has 9 nitrogen and oxygen atoms in total. The summed E-state index contributed by atoms with van der Waals surface area (Å²) in [7, 11) is 0. The van der Waals surface area contributed by atoms with E-state index >= 15 is 0 Å². The summed E-state index contributed by atoms with van der Waals surface area (Å²) in [6.45, 7) is 1.63. The molecule has 3 rings (SSSR count). The first-order valence-corrected chi connectivity index (χ1v) is 7.89. The lowest BCUT2D eigenvalue weighted by Crippen LogP contribution is -2.29. The molecule has 0 bridgehead atoms. The molecule has 0 spiro atoms. The Labute approximate surface area is 138 Å². The molecule has 0 aromatic carbocycles. The Hall–Kier alpha value is -3.01. The van der Waals surface area contributed by atoms with Crippen LogP contribution >= 0.6 is 11.3 Å². The summed E-state index contributed by atoms with van der Waals surface area (Å²) in [5.74, 6) is -0.451. The molecule has 0 radical (unpaired) electrons. The maximum Gasteiger partial charge on any atom is 0.326 e. The Kier molecular flexibility index (Phi) is 4.13. The van der Waals surface area contributed by atoms with E-state index in [-0.39, 0.29) is 29.9 Å². The van der Waals surface area contributed by atoms with Gasteiger partial charge in [0.1, 0.15) is 10.5 Å². The average Bonchev–Trinajstić information content (AvgIpc) is 2.99. The fourth-order valence-electron chi connectivity index (χ4n) is 2.23. The molecule has 1 amide bonds. The van der Waals surface area contributed by atoms with Crippen LogP contribution in [0.4, 0.5) is 5.69 Å². The number of fused-ring (bicyclic) bond motifs is 1. The standard InChI is InChI=1S/C14H13N5O4S/c1-7-10(11(21)18-14(23)16-7)17-9(20)2-4-19-6-15-12-8(13(19)22)3-5-24-12/h3,5-6H,2,4H2,1H3,(H,17,20)(H2,16,18,21,23). The molecular formula is C14H13N5O4S. The molecular weight excluding hydrogens is 334 g/mol. The highest BCUT2D eigenvalue weighted by atomic mass is 32.1. The van der Waals surface area contributed by atoms with Gasteiger partial charge < -0.3 is 10.3 Å². The van der Waals surface area contributed by atoms with Gasteiger partial charge in [-0.1, -0.05) is 0 Å². The van der Waals surface area contributed by atoms with Gasteiger partial charge in [-0.25, -0.2) is 9.78 Å². The van der Waals surface area contributed by atoms with E-state index in [0.29, 0.717) is 10.2 Å². The third-order valence-corrected chi connectivity index (χ3v) is 4.25. The van der Waals surface area contributed by atoms with Crippen LogP contribution < -0.4 is 22.1 Å². The van der Waals surface area contributed by atoms with Gasteiger partial charge in [0.2, 0.25) is 5.91 Å². The maximum atomic E-state index is 12.2. The van der Waals surface area contributed by atoms with E-state index in [1.54, 1.807) is 11.4 Å². The number of hydrogen-bond acceptors (Lipinski definition) is 6. The van der Waals surface area contributed by atoms with Crippen LogP contribution in [0.1, 0.15) is 12.1 Å². The third kappa shape index (κ3) is 3.04. The van der Waals surface area contributed by atoms with Crippen molar-refractivity contribution >= 4 is 33.1 Å². The van der Waals surface area contributed by atoms with Crippen molar-refractivity contribution in [2.24, 2.45) is 0 Å². The molecule has 3 aromatic heterocycles. The highest BCUT2D eigenvalue weighted by Gasteiger charge is 2.11. The number of nitrogens with one attached hydrogen (secondary N) is 3. The average molecular weight is 347 g/mol. The second-order valence-electron chi connectivity index (χ2n) is 5.09. The van der Waals surface area contributed by atoms with Gasteiger partial charge in [0.15, 0.2) is 0 Å². The van der Waals surface area contributed by atoms with E-state index in [0.717, 1.165) is 0 Å². The fraction of sp³-hybridized carbons (Fsp3) is 0.214. The lowest BCUT2D eigenvalue weighted by molar-refractivity contribution is -0.116. The second-order valence-corrected chi connectivity index (χ2v) is 5.98. The smallest absolute Gasteiger partial charge is 0.320 e. The summed E-state index contributed by atoms with van der Waals surface area (Å²) >= 11 is 1.37. The predicted molar refractivity (Wildman–Crippen MR) is 89.5 cm³/mol. The lowest BCUT2D eigenvalue weighted by atomic mass is 10.3. The summed E-state index contributed by atoms with van der Waals surface area (Å²) in [5.41, 5.74) is -1.29. The third-order valence-electron chi connectivity index (χ3n) is 3.42. The minimum Gasteiger partial charge on any atom is -0.320 e. The number of thiophene rings is 1. The lowest BCUT2D eigenvalue weighted by Gasteiger charge is -2.08. The van der Waals surface area contributed by atoms with Crippen molar-refractivity contribution in [3.63, 3.8) is 0 Å². The molecule has 0 aliphatic carbocycles. The molecule has 0 saturated heterocycles. The van der Waals surface area contributed by atoms with Gasteiger partial charge in [0, 0.05) is 18.7 Å². The van der Waals surface area contributed by atoms with Crippen LogP contribution in [0, 0.1) is 6.92 Å². The monoisotopic (exact) mass is 347 g/mol. The molecule has 0 aliphatic heterocycles. The summed E-state index contributed by atoms with van der Waals surface area (Å²) in [4.78, 5) is 56.3. The minimum atomic E-state index is -0.678. The molecule has 0 fully saturated rings. The van der Waals surface area contributed by atoms with Gasteiger partial charge in [0.05, 0.1) is 11.7 Å². The molecule has 3 aromatic rings. The van der Waals surface area contributed by atoms with E-state index in [4.69, 9.17) is 0 Å². The van der Waals surface area contributed by atoms with Gasteiger partial charge in [0.25, 0.3) is 11.1 Å². The number of aromatic nitrogens is 4. The maximum absolute atomic E-state index is 12.2. The van der Waals surface area contributed by atoms with Crippen LogP contribution in [0.5, 0.6) is 0 Å². The summed E-state index contributed by atoms with van der Waals surface area (Å²) in [6, 6.07) is 1.69. The first-order valence-electron chi connectivity index (χ1n) is 7.01. The first kappa shape index (κ1) is 15.9. The largest absolute Gasteiger partial charge is 0.326 e. The second kappa shape index (κ2) is 6.24. The number of hydrogen-bond donors (Lipinski definition) is 3. The molecule has 0 aliphatic rings. The van der Waals surface area contributed by atoms with Gasteiger partial charge in [-0.05, 0) is 18.4 Å². The quantitative estimate of drug-likeness (QED) is 0.619. The van der Waals surface area contributed by atoms with Crippen LogP contribution in [-0.2, 0) is 11.3 Å². The Morgan fingerprint density at radius 2 is 2.12 bits per heavy atom. The van der Waals surface area contributed by atoms with Crippen molar-refractivity contribution < 1.29 is 4.79 Å². The molecule has 10 heteroatoms. The zero-order valence-corrected chi connectivity index (χ0v) is 13.4. The van der Waals surface area contributed by atoms with E-state index in [1.807, 2.05) is 4.98 Å². The summed E-state index contributed by atoms with van der Waals surface area (Å²) in [6.07, 6.45) is 1.38. The number of carbonyl (C=O) groups is 1. The van der Waals surface area contributed by atoms with Crippen LogP contribution in [0.25, 0.3) is 10.2 Å². The van der Waals surface area contributed by atoms with Crippen LogP contribution in [0.2, 0.25) is 0 Å². The van der Waals surface area contributed by atoms with Crippen molar-refractivity contribution in [2.75, 3.05) is 5.32 Å². The van der Waals surface area contributed by atoms with Crippen molar-refractivity contribution in [3.8, 4) is 0 Å². The van der Waals surface area contributed by atoms with Gasteiger partial charge in [-0.15, -0.1) is 11.3 Å². The summed E-state index contributed by atoms with van der Waals surface area (Å²) < 4.78 is 1.35. The van der Waals surface area contributed by atoms with E-state index < -0.39 is 17.2 Å². The molecule has 3 N–H and O–H groups in total. The zero-order chi connectivity index (χ0) is 17.3. The van der Waals surface area contributed by atoms with Crippen molar-refractivity contribution in [1.29, 1.82) is 0 Å². The van der Waals surface area contributed by atoms with E-state index in [2.05, 4.69) is 15.3 Å². The van der Waals surface area contributed by atoms with Crippen LogP contribution in [0.3, 0.4) is 0 Å². The Bertz CT molecular complexity index is 1090. The Balaban J connectivity index is 1.74. The normalized spacial score (nSPS) is 10.9. The number of carbonyl (C=O) groups excluding carboxylic acids is 1. The molecule has 3 heterocycles. The van der Waals surface area contributed by atoms with E-state index in [1.165, 1.54) is 29.2 Å². The number of rotatable bonds is 4. The number of aromatic amines is 2. The SMILES string of the molecule is Cc1[nH]c(=O)[nH]c(=O)c1NC(=O)CCn1cnc2sccc2c1=O. The Morgan fingerprint density at radius 3 is 2.88 bits per heavy atom. The molecule has 0 unspecified atom stereocenters. The highest BCUT2D eigenvalue weighted by Crippen LogP contribution is 2.13. The number of anilines is 1. The Morgan fingerprint density at radius 1 is 1.33 bits per heavy atom. The predicted octanol–water partition coefficient (Wildman–Crippen LogP) is 0.172. The molecule has 0 atom stereocenters.